The Morgan fingerprint density at radius 3 is 2.15 bits per heavy atom. The summed E-state index contributed by atoms with van der Waals surface area (Å²) in [6, 6.07) is 0.526. The van der Waals surface area contributed by atoms with E-state index in [-0.39, 0.29) is 6.03 Å². The van der Waals surface area contributed by atoms with E-state index in [9.17, 15) is 4.79 Å². The SMILES string of the molecule is CCC(CC)C(CNC(=O)N1CCN(CC(C)C)CC1)N1CCOCC1. The van der Waals surface area contributed by atoms with Gasteiger partial charge in [-0.25, -0.2) is 4.79 Å². The quantitative estimate of drug-likeness (QED) is 0.713. The number of nitrogens with one attached hydrogen (secondary N) is 1. The highest BCUT2D eigenvalue weighted by Gasteiger charge is 2.28. The van der Waals surface area contributed by atoms with Crippen molar-refractivity contribution in [2.45, 2.75) is 46.6 Å². The zero-order valence-corrected chi connectivity index (χ0v) is 17.4. The summed E-state index contributed by atoms with van der Waals surface area (Å²) in [5.74, 6) is 1.31. The number of amides is 2. The van der Waals surface area contributed by atoms with Gasteiger partial charge in [0, 0.05) is 58.4 Å². The van der Waals surface area contributed by atoms with Crippen molar-refractivity contribution in [2.75, 3.05) is 65.6 Å². The van der Waals surface area contributed by atoms with Crippen LogP contribution in [0, 0.1) is 11.8 Å². The second kappa shape index (κ2) is 11.1. The van der Waals surface area contributed by atoms with Gasteiger partial charge in [0.05, 0.1) is 13.2 Å². The fourth-order valence-electron chi connectivity index (χ4n) is 4.29. The van der Waals surface area contributed by atoms with Gasteiger partial charge in [-0.1, -0.05) is 40.5 Å². The molecule has 0 radical (unpaired) electrons. The third kappa shape index (κ3) is 6.39. The lowest BCUT2D eigenvalue weighted by molar-refractivity contribution is 0.00199. The standard InChI is InChI=1S/C20H40N4O2/c1-5-18(6-2)19(23-11-13-26-14-12-23)15-21-20(25)24-9-7-22(8-10-24)16-17(3)4/h17-19H,5-16H2,1-4H3,(H,21,25). The highest BCUT2D eigenvalue weighted by molar-refractivity contribution is 5.74. The van der Waals surface area contributed by atoms with Crippen molar-refractivity contribution in [2.24, 2.45) is 11.8 Å². The molecule has 0 saturated carbocycles. The number of carbonyl (C=O) groups is 1. The van der Waals surface area contributed by atoms with Crippen molar-refractivity contribution < 1.29 is 9.53 Å². The number of carbonyl (C=O) groups excluding carboxylic acids is 1. The average molecular weight is 369 g/mol. The summed E-state index contributed by atoms with van der Waals surface area (Å²) in [6.45, 7) is 18.1. The van der Waals surface area contributed by atoms with Crippen LogP contribution in [0.2, 0.25) is 0 Å². The number of hydrogen-bond donors (Lipinski definition) is 1. The molecule has 0 aromatic heterocycles. The fourth-order valence-corrected chi connectivity index (χ4v) is 4.29. The third-order valence-corrected chi connectivity index (χ3v) is 5.85. The summed E-state index contributed by atoms with van der Waals surface area (Å²) in [6.07, 6.45) is 2.31. The Balaban J connectivity index is 1.82. The van der Waals surface area contributed by atoms with Gasteiger partial charge in [-0.2, -0.15) is 0 Å². The monoisotopic (exact) mass is 368 g/mol. The number of rotatable bonds is 8. The first-order valence-electron chi connectivity index (χ1n) is 10.6. The molecule has 0 aromatic carbocycles. The van der Waals surface area contributed by atoms with Crippen LogP contribution < -0.4 is 5.32 Å². The minimum Gasteiger partial charge on any atom is -0.379 e. The largest absolute Gasteiger partial charge is 0.379 e. The molecule has 2 aliphatic rings. The summed E-state index contributed by atoms with van der Waals surface area (Å²) in [5.41, 5.74) is 0. The Kier molecular flexibility index (Phi) is 9.16. The third-order valence-electron chi connectivity index (χ3n) is 5.85. The highest BCUT2D eigenvalue weighted by Crippen LogP contribution is 2.19. The van der Waals surface area contributed by atoms with Gasteiger partial charge >= 0.3 is 6.03 Å². The molecule has 2 fully saturated rings. The number of piperazine rings is 1. The minimum absolute atomic E-state index is 0.110. The lowest BCUT2D eigenvalue weighted by Crippen LogP contribution is -2.56. The lowest BCUT2D eigenvalue weighted by atomic mass is 9.92. The summed E-state index contributed by atoms with van der Waals surface area (Å²) in [5, 5.41) is 3.24. The maximum Gasteiger partial charge on any atom is 0.317 e. The summed E-state index contributed by atoms with van der Waals surface area (Å²) in [7, 11) is 0. The zero-order chi connectivity index (χ0) is 18.9. The first-order chi connectivity index (χ1) is 12.5. The number of hydrogen-bond acceptors (Lipinski definition) is 4. The van der Waals surface area contributed by atoms with E-state index in [1.165, 1.54) is 0 Å². The Labute approximate surface area is 160 Å². The normalized spacial score (nSPS) is 21.4. The van der Waals surface area contributed by atoms with Gasteiger partial charge in [-0.05, 0) is 11.8 Å². The molecule has 0 spiro atoms. The topological polar surface area (TPSA) is 48.1 Å². The average Bonchev–Trinajstić information content (AvgIpc) is 2.65. The molecule has 0 aliphatic carbocycles. The van der Waals surface area contributed by atoms with E-state index >= 15 is 0 Å². The molecule has 2 amide bonds. The van der Waals surface area contributed by atoms with E-state index in [1.807, 2.05) is 4.90 Å². The van der Waals surface area contributed by atoms with Crippen LogP contribution in [0.5, 0.6) is 0 Å². The van der Waals surface area contributed by atoms with Crippen molar-refractivity contribution in [3.8, 4) is 0 Å². The van der Waals surface area contributed by atoms with E-state index < -0.39 is 0 Å². The molecule has 6 heteroatoms. The number of urea groups is 1. The van der Waals surface area contributed by atoms with E-state index in [1.54, 1.807) is 0 Å². The van der Waals surface area contributed by atoms with Crippen LogP contribution in [0.1, 0.15) is 40.5 Å². The molecule has 1 atom stereocenters. The van der Waals surface area contributed by atoms with Gasteiger partial charge in [-0.3, -0.25) is 9.80 Å². The van der Waals surface area contributed by atoms with Crippen molar-refractivity contribution >= 4 is 6.03 Å². The molecule has 2 saturated heterocycles. The Bertz CT molecular complexity index is 401. The molecule has 26 heavy (non-hydrogen) atoms. The van der Waals surface area contributed by atoms with Crippen LogP contribution in [0.4, 0.5) is 4.79 Å². The van der Waals surface area contributed by atoms with Gasteiger partial charge in [0.15, 0.2) is 0 Å². The van der Waals surface area contributed by atoms with Gasteiger partial charge in [0.2, 0.25) is 0 Å². The number of ether oxygens (including phenoxy) is 1. The fraction of sp³-hybridized carbons (Fsp3) is 0.950. The molecule has 6 nitrogen and oxygen atoms in total. The van der Waals surface area contributed by atoms with E-state index in [4.69, 9.17) is 4.74 Å². The van der Waals surface area contributed by atoms with Crippen LogP contribution in [0.3, 0.4) is 0 Å². The Morgan fingerprint density at radius 1 is 1.00 bits per heavy atom. The molecular formula is C20H40N4O2. The molecule has 2 aliphatic heterocycles. The second-order valence-corrected chi connectivity index (χ2v) is 8.16. The summed E-state index contributed by atoms with van der Waals surface area (Å²) in [4.78, 5) is 19.6. The van der Waals surface area contributed by atoms with Gasteiger partial charge in [0.1, 0.15) is 0 Å². The summed E-state index contributed by atoms with van der Waals surface area (Å²) >= 11 is 0. The second-order valence-electron chi connectivity index (χ2n) is 8.16. The van der Waals surface area contributed by atoms with E-state index in [2.05, 4.69) is 42.8 Å². The lowest BCUT2D eigenvalue weighted by Gasteiger charge is -2.40. The predicted octanol–water partition coefficient (Wildman–Crippen LogP) is 2.11. The first-order valence-corrected chi connectivity index (χ1v) is 10.6. The van der Waals surface area contributed by atoms with Crippen LogP contribution in [-0.4, -0.2) is 92.3 Å². The van der Waals surface area contributed by atoms with E-state index in [0.29, 0.717) is 17.9 Å². The highest BCUT2D eigenvalue weighted by atomic mass is 16.5. The Hall–Kier alpha value is -0.850. The molecule has 2 heterocycles. The minimum atomic E-state index is 0.110. The molecule has 0 aromatic rings. The number of nitrogens with zero attached hydrogens (tertiary/aromatic N) is 3. The molecule has 2 rings (SSSR count). The van der Waals surface area contributed by atoms with Crippen molar-refractivity contribution in [1.82, 2.24) is 20.0 Å². The smallest absolute Gasteiger partial charge is 0.317 e. The van der Waals surface area contributed by atoms with Gasteiger partial charge < -0.3 is 15.0 Å². The van der Waals surface area contributed by atoms with Crippen molar-refractivity contribution in [3.05, 3.63) is 0 Å². The maximum atomic E-state index is 12.7. The number of morpholine rings is 1. The molecular weight excluding hydrogens is 328 g/mol. The Morgan fingerprint density at radius 2 is 1.62 bits per heavy atom. The van der Waals surface area contributed by atoms with E-state index in [0.717, 1.165) is 78.4 Å². The maximum absolute atomic E-state index is 12.7. The molecule has 0 bridgehead atoms. The summed E-state index contributed by atoms with van der Waals surface area (Å²) < 4.78 is 5.51. The first kappa shape index (κ1) is 21.5. The molecule has 152 valence electrons. The van der Waals surface area contributed by atoms with Crippen LogP contribution in [0.15, 0.2) is 0 Å². The van der Waals surface area contributed by atoms with Crippen LogP contribution in [-0.2, 0) is 4.74 Å². The van der Waals surface area contributed by atoms with Crippen LogP contribution in [0.25, 0.3) is 0 Å². The van der Waals surface area contributed by atoms with Crippen molar-refractivity contribution in [3.63, 3.8) is 0 Å². The predicted molar refractivity (Wildman–Crippen MR) is 107 cm³/mol. The van der Waals surface area contributed by atoms with Gasteiger partial charge in [-0.15, -0.1) is 0 Å². The van der Waals surface area contributed by atoms with Gasteiger partial charge in [0.25, 0.3) is 0 Å². The van der Waals surface area contributed by atoms with Crippen molar-refractivity contribution in [1.29, 1.82) is 0 Å². The molecule has 1 unspecified atom stereocenters. The zero-order valence-electron chi connectivity index (χ0n) is 17.4. The molecule has 1 N–H and O–H groups in total. The van der Waals surface area contributed by atoms with Crippen LogP contribution >= 0.6 is 0 Å².